The van der Waals surface area contributed by atoms with Crippen molar-refractivity contribution in [2.24, 2.45) is 5.41 Å². The largest absolute Gasteiger partial charge is 0.378 e. The van der Waals surface area contributed by atoms with Gasteiger partial charge >= 0.3 is 0 Å². The van der Waals surface area contributed by atoms with Crippen molar-refractivity contribution in [3.05, 3.63) is 47.7 Å². The van der Waals surface area contributed by atoms with E-state index in [0.29, 0.717) is 0 Å². The Morgan fingerprint density at radius 3 is 2.46 bits per heavy atom. The molecule has 2 aliphatic heterocycles. The lowest BCUT2D eigenvalue weighted by Gasteiger charge is -2.40. The molecule has 0 radical (unpaired) electrons. The minimum atomic E-state index is 0.148. The number of rotatable bonds is 3. The Hall–Kier alpha value is -2.63. The minimum absolute atomic E-state index is 0.148. The van der Waals surface area contributed by atoms with Crippen LogP contribution in [0.15, 0.2) is 36.4 Å². The van der Waals surface area contributed by atoms with Gasteiger partial charge in [0.05, 0.1) is 5.69 Å². The maximum atomic E-state index is 13.0. The standard InChI is InChI=1S/C22H29N5O/c1-17-5-10-20(24-23-17)26-13-4-11-22(15-26)12-14-27(16-22)21(28)18-6-8-19(9-7-18)25(2)3/h5-10H,4,11-16H2,1-3H3/t22-/m0/s1. The molecule has 6 heteroatoms. The van der Waals surface area contributed by atoms with Crippen molar-refractivity contribution < 1.29 is 4.79 Å². The molecule has 0 aliphatic carbocycles. The molecule has 1 atom stereocenters. The third-order valence-corrected chi connectivity index (χ3v) is 6.13. The van der Waals surface area contributed by atoms with E-state index in [4.69, 9.17) is 0 Å². The summed E-state index contributed by atoms with van der Waals surface area (Å²) in [7, 11) is 4.02. The molecule has 2 fully saturated rings. The average molecular weight is 380 g/mol. The average Bonchev–Trinajstić information content (AvgIpc) is 3.11. The van der Waals surface area contributed by atoms with Crippen LogP contribution in [0.25, 0.3) is 0 Å². The predicted molar refractivity (Wildman–Crippen MR) is 112 cm³/mol. The third kappa shape index (κ3) is 3.68. The van der Waals surface area contributed by atoms with Gasteiger partial charge < -0.3 is 14.7 Å². The molecule has 3 heterocycles. The summed E-state index contributed by atoms with van der Waals surface area (Å²) < 4.78 is 0. The molecule has 0 saturated carbocycles. The number of anilines is 2. The molecule has 148 valence electrons. The van der Waals surface area contributed by atoms with Crippen LogP contribution in [0, 0.1) is 12.3 Å². The first-order chi connectivity index (χ1) is 13.5. The van der Waals surface area contributed by atoms with Gasteiger partial charge in [-0.15, -0.1) is 5.10 Å². The smallest absolute Gasteiger partial charge is 0.253 e. The van der Waals surface area contributed by atoms with E-state index in [1.807, 2.05) is 61.2 Å². The summed E-state index contributed by atoms with van der Waals surface area (Å²) in [6, 6.07) is 12.0. The van der Waals surface area contributed by atoms with Gasteiger partial charge in [-0.25, -0.2) is 0 Å². The summed E-state index contributed by atoms with van der Waals surface area (Å²) in [5.41, 5.74) is 2.99. The molecule has 1 amide bonds. The number of hydrogen-bond donors (Lipinski definition) is 0. The third-order valence-electron chi connectivity index (χ3n) is 6.13. The highest BCUT2D eigenvalue weighted by atomic mass is 16.2. The maximum Gasteiger partial charge on any atom is 0.253 e. The fourth-order valence-electron chi connectivity index (χ4n) is 4.49. The van der Waals surface area contributed by atoms with E-state index in [1.54, 1.807) is 0 Å². The van der Waals surface area contributed by atoms with Crippen LogP contribution in [0.3, 0.4) is 0 Å². The maximum absolute atomic E-state index is 13.0. The molecule has 0 unspecified atom stereocenters. The molecule has 0 bridgehead atoms. The van der Waals surface area contributed by atoms with Crippen molar-refractivity contribution >= 4 is 17.4 Å². The van der Waals surface area contributed by atoms with Gasteiger partial charge in [0.25, 0.3) is 5.91 Å². The van der Waals surface area contributed by atoms with E-state index >= 15 is 0 Å². The normalized spacial score (nSPS) is 22.0. The van der Waals surface area contributed by atoms with E-state index in [0.717, 1.165) is 61.8 Å². The molecule has 1 spiro atoms. The fourth-order valence-corrected chi connectivity index (χ4v) is 4.49. The molecule has 2 aliphatic rings. The Kier molecular flexibility index (Phi) is 4.96. The van der Waals surface area contributed by atoms with Gasteiger partial charge in [0.2, 0.25) is 0 Å². The van der Waals surface area contributed by atoms with Crippen molar-refractivity contribution in [2.75, 3.05) is 50.1 Å². The number of piperidine rings is 1. The zero-order chi connectivity index (χ0) is 19.7. The second-order valence-corrected chi connectivity index (χ2v) is 8.48. The van der Waals surface area contributed by atoms with Crippen molar-refractivity contribution in [3.8, 4) is 0 Å². The molecule has 0 N–H and O–H groups in total. The zero-order valence-electron chi connectivity index (χ0n) is 17.1. The molecular weight excluding hydrogens is 350 g/mol. The Bertz CT molecular complexity index is 833. The first kappa shape index (κ1) is 18.7. The summed E-state index contributed by atoms with van der Waals surface area (Å²) in [6.07, 6.45) is 3.37. The Morgan fingerprint density at radius 1 is 1.00 bits per heavy atom. The SMILES string of the molecule is Cc1ccc(N2CCC[C@]3(CCN(C(=O)c4ccc(N(C)C)cc4)C3)C2)nn1. The minimum Gasteiger partial charge on any atom is -0.378 e. The number of hydrogen-bond acceptors (Lipinski definition) is 5. The van der Waals surface area contributed by atoms with Crippen LogP contribution in [0.1, 0.15) is 35.3 Å². The Morgan fingerprint density at radius 2 is 1.79 bits per heavy atom. The van der Waals surface area contributed by atoms with Crippen molar-refractivity contribution in [2.45, 2.75) is 26.2 Å². The van der Waals surface area contributed by atoms with Crippen LogP contribution < -0.4 is 9.80 Å². The number of amides is 1. The molecule has 6 nitrogen and oxygen atoms in total. The highest BCUT2D eigenvalue weighted by molar-refractivity contribution is 5.94. The van der Waals surface area contributed by atoms with Crippen molar-refractivity contribution in [1.82, 2.24) is 15.1 Å². The number of nitrogens with zero attached hydrogens (tertiary/aromatic N) is 5. The highest BCUT2D eigenvalue weighted by Crippen LogP contribution is 2.40. The molecule has 2 aromatic rings. The molecular formula is C22H29N5O. The summed E-state index contributed by atoms with van der Waals surface area (Å²) in [5.74, 6) is 1.10. The second-order valence-electron chi connectivity index (χ2n) is 8.48. The van der Waals surface area contributed by atoms with Gasteiger partial charge in [0, 0.05) is 56.9 Å². The van der Waals surface area contributed by atoms with Gasteiger partial charge in [0.1, 0.15) is 0 Å². The lowest BCUT2D eigenvalue weighted by molar-refractivity contribution is 0.0767. The van der Waals surface area contributed by atoms with E-state index in [-0.39, 0.29) is 11.3 Å². The van der Waals surface area contributed by atoms with Crippen LogP contribution in [-0.2, 0) is 0 Å². The van der Waals surface area contributed by atoms with Gasteiger partial charge in [-0.3, -0.25) is 4.79 Å². The highest BCUT2D eigenvalue weighted by Gasteiger charge is 2.43. The predicted octanol–water partition coefficient (Wildman–Crippen LogP) is 2.98. The number of likely N-dealkylation sites (tertiary alicyclic amines) is 1. The van der Waals surface area contributed by atoms with Gasteiger partial charge in [-0.2, -0.15) is 5.10 Å². The summed E-state index contributed by atoms with van der Waals surface area (Å²) >= 11 is 0. The number of aromatic nitrogens is 2. The number of aryl methyl sites for hydroxylation is 1. The number of benzene rings is 1. The van der Waals surface area contributed by atoms with E-state index < -0.39 is 0 Å². The number of carbonyl (C=O) groups excluding carboxylic acids is 1. The van der Waals surface area contributed by atoms with Crippen LogP contribution >= 0.6 is 0 Å². The lowest BCUT2D eigenvalue weighted by Crippen LogP contribution is -2.45. The van der Waals surface area contributed by atoms with Crippen LogP contribution in [0.2, 0.25) is 0 Å². The summed E-state index contributed by atoms with van der Waals surface area (Å²) in [4.78, 5) is 19.4. The van der Waals surface area contributed by atoms with Crippen molar-refractivity contribution in [3.63, 3.8) is 0 Å². The first-order valence-corrected chi connectivity index (χ1v) is 10.1. The van der Waals surface area contributed by atoms with E-state index in [2.05, 4.69) is 21.2 Å². The van der Waals surface area contributed by atoms with Crippen molar-refractivity contribution in [1.29, 1.82) is 0 Å². The van der Waals surface area contributed by atoms with E-state index in [9.17, 15) is 4.79 Å². The van der Waals surface area contributed by atoms with Gasteiger partial charge in [-0.05, 0) is 62.6 Å². The number of carbonyl (C=O) groups is 1. The Balaban J connectivity index is 1.44. The zero-order valence-corrected chi connectivity index (χ0v) is 17.1. The topological polar surface area (TPSA) is 52.6 Å². The van der Waals surface area contributed by atoms with Crippen LogP contribution in [0.5, 0.6) is 0 Å². The molecule has 28 heavy (non-hydrogen) atoms. The fraction of sp³-hybridized carbons (Fsp3) is 0.500. The second kappa shape index (κ2) is 7.41. The first-order valence-electron chi connectivity index (χ1n) is 10.1. The van der Waals surface area contributed by atoms with E-state index in [1.165, 1.54) is 6.42 Å². The van der Waals surface area contributed by atoms with Gasteiger partial charge in [-0.1, -0.05) is 0 Å². The monoisotopic (exact) mass is 379 g/mol. The van der Waals surface area contributed by atoms with Gasteiger partial charge in [0.15, 0.2) is 5.82 Å². The van der Waals surface area contributed by atoms with Crippen LogP contribution in [0.4, 0.5) is 11.5 Å². The quantitative estimate of drug-likeness (QED) is 0.821. The Labute approximate surface area is 167 Å². The molecule has 4 rings (SSSR count). The molecule has 1 aromatic carbocycles. The van der Waals surface area contributed by atoms with Crippen LogP contribution in [-0.4, -0.2) is 61.3 Å². The molecule has 2 saturated heterocycles. The summed E-state index contributed by atoms with van der Waals surface area (Å²) in [5, 5.41) is 8.58. The lowest BCUT2D eigenvalue weighted by atomic mass is 9.79. The summed E-state index contributed by atoms with van der Waals surface area (Å²) in [6.45, 7) is 5.59. The molecule has 1 aromatic heterocycles.